The van der Waals surface area contributed by atoms with Crippen molar-refractivity contribution in [1.29, 1.82) is 0 Å². The predicted molar refractivity (Wildman–Crippen MR) is 132 cm³/mol. The molecular weight excluding hydrogens is 416 g/mol. The summed E-state index contributed by atoms with van der Waals surface area (Å²) in [7, 11) is 1.61. The van der Waals surface area contributed by atoms with E-state index in [-0.39, 0.29) is 24.5 Å². The van der Waals surface area contributed by atoms with E-state index in [9.17, 15) is 9.59 Å². The topological polar surface area (TPSA) is 67.9 Å². The lowest BCUT2D eigenvalue weighted by molar-refractivity contribution is -0.143. The summed E-state index contributed by atoms with van der Waals surface area (Å²) in [6.07, 6.45) is 1.33. The van der Waals surface area contributed by atoms with Gasteiger partial charge in [-0.3, -0.25) is 9.59 Å². The molecule has 6 nitrogen and oxygen atoms in total. The number of carbonyl (C=O) groups excluding carboxylic acids is 2. The summed E-state index contributed by atoms with van der Waals surface area (Å²) in [5, 5.41) is 3.02. The van der Waals surface area contributed by atoms with Crippen LogP contribution in [-0.4, -0.2) is 42.5 Å². The Kier molecular flexibility index (Phi) is 10.2. The summed E-state index contributed by atoms with van der Waals surface area (Å²) < 4.78 is 11.0. The minimum Gasteiger partial charge on any atom is -0.497 e. The van der Waals surface area contributed by atoms with Crippen LogP contribution in [0.2, 0.25) is 0 Å². The number of ether oxygens (including phenoxy) is 2. The number of hydrogen-bond acceptors (Lipinski definition) is 4. The average Bonchev–Trinajstić information content (AvgIpc) is 2.82. The van der Waals surface area contributed by atoms with Gasteiger partial charge in [0.05, 0.1) is 7.11 Å². The normalized spacial score (nSPS) is 12.7. The van der Waals surface area contributed by atoms with Crippen molar-refractivity contribution in [3.05, 3.63) is 59.7 Å². The lowest BCUT2D eigenvalue weighted by Gasteiger charge is -2.31. The van der Waals surface area contributed by atoms with Crippen LogP contribution < -0.4 is 14.8 Å². The molecule has 2 amide bonds. The molecule has 2 aromatic rings. The first-order valence-corrected chi connectivity index (χ1v) is 11.7. The first-order chi connectivity index (χ1) is 15.8. The summed E-state index contributed by atoms with van der Waals surface area (Å²) in [5.74, 6) is 1.43. The predicted octanol–water partition coefficient (Wildman–Crippen LogP) is 4.92. The molecule has 33 heavy (non-hydrogen) atoms. The molecule has 0 saturated heterocycles. The number of amides is 2. The molecule has 0 aliphatic rings. The van der Waals surface area contributed by atoms with E-state index < -0.39 is 6.04 Å². The zero-order chi connectivity index (χ0) is 24.4. The molecule has 0 spiro atoms. The van der Waals surface area contributed by atoms with Gasteiger partial charge in [0, 0.05) is 12.6 Å². The Morgan fingerprint density at radius 3 is 2.03 bits per heavy atom. The number of rotatable bonds is 12. The first kappa shape index (κ1) is 26.2. The number of hydrogen-bond donors (Lipinski definition) is 1. The minimum absolute atomic E-state index is 0.0419. The van der Waals surface area contributed by atoms with Gasteiger partial charge in [0.15, 0.2) is 6.61 Å². The molecule has 0 bridgehead atoms. The molecule has 2 aromatic carbocycles. The Bertz CT molecular complexity index is 878. The lowest BCUT2D eigenvalue weighted by atomic mass is 10.0. The van der Waals surface area contributed by atoms with E-state index in [2.05, 4.69) is 19.2 Å². The largest absolute Gasteiger partial charge is 0.497 e. The number of carbonyl (C=O) groups is 2. The molecule has 2 atom stereocenters. The van der Waals surface area contributed by atoms with Gasteiger partial charge >= 0.3 is 0 Å². The number of nitrogens with one attached hydrogen (secondary N) is 1. The van der Waals surface area contributed by atoms with Crippen LogP contribution in [0.5, 0.6) is 11.5 Å². The highest BCUT2D eigenvalue weighted by molar-refractivity contribution is 5.88. The molecule has 0 radical (unpaired) electrons. The molecule has 2 rings (SSSR count). The third-order valence-electron chi connectivity index (χ3n) is 5.81. The maximum absolute atomic E-state index is 13.3. The highest BCUT2D eigenvalue weighted by atomic mass is 16.5. The average molecular weight is 455 g/mol. The van der Waals surface area contributed by atoms with Gasteiger partial charge in [0.25, 0.3) is 5.91 Å². The third kappa shape index (κ3) is 7.81. The minimum atomic E-state index is -0.583. The van der Waals surface area contributed by atoms with E-state index >= 15 is 0 Å². The monoisotopic (exact) mass is 454 g/mol. The van der Waals surface area contributed by atoms with Crippen LogP contribution in [-0.2, 0) is 16.1 Å². The van der Waals surface area contributed by atoms with E-state index in [1.54, 1.807) is 12.0 Å². The van der Waals surface area contributed by atoms with Gasteiger partial charge < -0.3 is 19.7 Å². The fourth-order valence-electron chi connectivity index (χ4n) is 3.47. The highest BCUT2D eigenvalue weighted by Gasteiger charge is 2.29. The van der Waals surface area contributed by atoms with Crippen molar-refractivity contribution in [3.8, 4) is 11.5 Å². The Morgan fingerprint density at radius 1 is 0.909 bits per heavy atom. The van der Waals surface area contributed by atoms with Crippen molar-refractivity contribution in [3.63, 3.8) is 0 Å². The van der Waals surface area contributed by atoms with Crippen LogP contribution in [0.15, 0.2) is 48.5 Å². The zero-order valence-corrected chi connectivity index (χ0v) is 20.8. The Labute approximate surface area is 198 Å². The van der Waals surface area contributed by atoms with Gasteiger partial charge in [-0.25, -0.2) is 0 Å². The maximum Gasteiger partial charge on any atom is 0.261 e. The SMILES string of the molecule is CCC(C)NC(=O)C(CC)N(Cc1ccc(OC)cc1)C(=O)COc1ccc(C(C)C)cc1. The molecule has 0 heterocycles. The van der Waals surface area contributed by atoms with E-state index in [0.29, 0.717) is 24.6 Å². The fraction of sp³-hybridized carbons (Fsp3) is 0.481. The third-order valence-corrected chi connectivity index (χ3v) is 5.81. The van der Waals surface area contributed by atoms with Gasteiger partial charge in [-0.1, -0.05) is 52.0 Å². The summed E-state index contributed by atoms with van der Waals surface area (Å²) in [6, 6.07) is 14.7. The quantitative estimate of drug-likeness (QED) is 0.494. The van der Waals surface area contributed by atoms with Crippen molar-refractivity contribution < 1.29 is 19.1 Å². The second-order valence-corrected chi connectivity index (χ2v) is 8.62. The highest BCUT2D eigenvalue weighted by Crippen LogP contribution is 2.20. The molecule has 1 N–H and O–H groups in total. The van der Waals surface area contributed by atoms with Crippen molar-refractivity contribution in [2.45, 2.75) is 72.0 Å². The van der Waals surface area contributed by atoms with Gasteiger partial charge in [0.2, 0.25) is 5.91 Å². The maximum atomic E-state index is 13.3. The molecule has 180 valence electrons. The van der Waals surface area contributed by atoms with Crippen LogP contribution in [0, 0.1) is 0 Å². The summed E-state index contributed by atoms with van der Waals surface area (Å²) in [4.78, 5) is 27.9. The van der Waals surface area contributed by atoms with E-state index in [1.165, 1.54) is 5.56 Å². The molecule has 0 aliphatic heterocycles. The van der Waals surface area contributed by atoms with Crippen molar-refractivity contribution in [2.75, 3.05) is 13.7 Å². The van der Waals surface area contributed by atoms with E-state index in [0.717, 1.165) is 17.7 Å². The van der Waals surface area contributed by atoms with Crippen LogP contribution >= 0.6 is 0 Å². The van der Waals surface area contributed by atoms with Crippen LogP contribution in [0.1, 0.15) is 64.5 Å². The second kappa shape index (κ2) is 12.9. The molecule has 6 heteroatoms. The lowest BCUT2D eigenvalue weighted by Crippen LogP contribution is -2.51. The van der Waals surface area contributed by atoms with Crippen LogP contribution in [0.25, 0.3) is 0 Å². The standard InChI is InChI=1S/C27H38N2O4/c1-7-20(5)28-27(31)25(8-2)29(17-21-9-13-23(32-6)14-10-21)26(30)18-33-24-15-11-22(12-16-24)19(3)4/h9-16,19-20,25H,7-8,17-18H2,1-6H3,(H,28,31). The molecule has 0 saturated carbocycles. The van der Waals surface area contributed by atoms with E-state index in [4.69, 9.17) is 9.47 Å². The fourth-order valence-corrected chi connectivity index (χ4v) is 3.47. The van der Waals surface area contributed by atoms with Crippen LogP contribution in [0.3, 0.4) is 0 Å². The van der Waals surface area contributed by atoms with Gasteiger partial charge in [-0.15, -0.1) is 0 Å². The van der Waals surface area contributed by atoms with Crippen molar-refractivity contribution >= 4 is 11.8 Å². The van der Waals surface area contributed by atoms with Gasteiger partial charge in [-0.05, 0) is 61.1 Å². The summed E-state index contributed by atoms with van der Waals surface area (Å²) in [6.45, 7) is 10.3. The van der Waals surface area contributed by atoms with Gasteiger partial charge in [-0.2, -0.15) is 0 Å². The Morgan fingerprint density at radius 2 is 1.52 bits per heavy atom. The summed E-state index contributed by atoms with van der Waals surface area (Å²) in [5.41, 5.74) is 2.13. The smallest absolute Gasteiger partial charge is 0.261 e. The van der Waals surface area contributed by atoms with Crippen LogP contribution in [0.4, 0.5) is 0 Å². The van der Waals surface area contributed by atoms with E-state index in [1.807, 2.05) is 69.3 Å². The zero-order valence-electron chi connectivity index (χ0n) is 20.8. The second-order valence-electron chi connectivity index (χ2n) is 8.62. The first-order valence-electron chi connectivity index (χ1n) is 11.7. The Hall–Kier alpha value is -3.02. The number of methoxy groups -OCH3 is 1. The molecule has 2 unspecified atom stereocenters. The van der Waals surface area contributed by atoms with Crippen molar-refractivity contribution in [1.82, 2.24) is 10.2 Å². The Balaban J connectivity index is 2.19. The van der Waals surface area contributed by atoms with Gasteiger partial charge in [0.1, 0.15) is 17.5 Å². The molecule has 0 aliphatic carbocycles. The summed E-state index contributed by atoms with van der Waals surface area (Å²) >= 11 is 0. The number of benzene rings is 2. The number of nitrogens with zero attached hydrogens (tertiary/aromatic N) is 1. The van der Waals surface area contributed by atoms with Crippen molar-refractivity contribution in [2.24, 2.45) is 0 Å². The molecule has 0 fully saturated rings. The molecular formula is C27H38N2O4. The molecule has 0 aromatic heterocycles.